The van der Waals surface area contributed by atoms with Crippen LogP contribution in [0, 0.1) is 0 Å². The van der Waals surface area contributed by atoms with Gasteiger partial charge in [-0.3, -0.25) is 14.4 Å². The smallest absolute Gasteiger partial charge is 0.308 e. The minimum Gasteiger partial charge on any atom is -0.449 e. The van der Waals surface area contributed by atoms with E-state index < -0.39 is 17.9 Å². The third-order valence-electron chi connectivity index (χ3n) is 2.77. The third kappa shape index (κ3) is 5.07. The zero-order valence-corrected chi connectivity index (χ0v) is 13.9. The average molecular weight is 344 g/mol. The predicted molar refractivity (Wildman–Crippen MR) is 86.9 cm³/mol. The fraction of sp³-hybridized carbons (Fsp3) is 0.167. The number of esters is 3. The Bertz CT molecular complexity index is 811. The van der Waals surface area contributed by atoms with E-state index in [-0.39, 0.29) is 28.7 Å². The highest BCUT2D eigenvalue weighted by Gasteiger charge is 2.18. The first-order valence-corrected chi connectivity index (χ1v) is 7.32. The van der Waals surface area contributed by atoms with Crippen molar-refractivity contribution in [1.82, 2.24) is 0 Å². The number of ether oxygens (including phenoxy) is 4. The van der Waals surface area contributed by atoms with Gasteiger partial charge in [-0.25, -0.2) is 0 Å². The van der Waals surface area contributed by atoms with Gasteiger partial charge in [0.1, 0.15) is 0 Å². The predicted octanol–water partition coefficient (Wildman–Crippen LogP) is 3.25. The Kier molecular flexibility index (Phi) is 5.73. The van der Waals surface area contributed by atoms with E-state index in [2.05, 4.69) is 0 Å². The third-order valence-corrected chi connectivity index (χ3v) is 2.77. The van der Waals surface area contributed by atoms with Crippen LogP contribution in [0.25, 0.3) is 0 Å². The molecule has 0 heterocycles. The Morgan fingerprint density at radius 1 is 0.600 bits per heavy atom. The van der Waals surface area contributed by atoms with Crippen LogP contribution in [0.4, 0.5) is 0 Å². The van der Waals surface area contributed by atoms with Gasteiger partial charge in [-0.1, -0.05) is 18.2 Å². The Morgan fingerprint density at radius 3 is 1.68 bits per heavy atom. The van der Waals surface area contributed by atoms with E-state index in [9.17, 15) is 14.4 Å². The minimum absolute atomic E-state index is 0.0326. The number of rotatable bonds is 5. The molecule has 130 valence electrons. The van der Waals surface area contributed by atoms with Gasteiger partial charge < -0.3 is 18.9 Å². The monoisotopic (exact) mass is 344 g/mol. The molecule has 2 rings (SSSR count). The van der Waals surface area contributed by atoms with E-state index in [4.69, 9.17) is 18.9 Å². The standard InChI is InChI=1S/C18H16O7/c1-11(19)22-14-7-4-5-8-15(14)25-17-10-6-9-16(23-12(2)20)18(17)24-13(3)21/h4-10H,1-3H3. The van der Waals surface area contributed by atoms with E-state index in [0.29, 0.717) is 0 Å². The molecule has 0 aliphatic heterocycles. The molecule has 0 saturated carbocycles. The molecule has 0 N–H and O–H groups in total. The molecule has 0 saturated heterocycles. The Labute approximate surface area is 144 Å². The lowest BCUT2D eigenvalue weighted by Gasteiger charge is -2.15. The van der Waals surface area contributed by atoms with Crippen molar-refractivity contribution in [2.45, 2.75) is 20.8 Å². The van der Waals surface area contributed by atoms with Gasteiger partial charge in [-0.15, -0.1) is 0 Å². The molecule has 2 aromatic carbocycles. The molecule has 0 fully saturated rings. The van der Waals surface area contributed by atoms with Crippen LogP contribution < -0.4 is 18.9 Å². The molecule has 0 aliphatic carbocycles. The summed E-state index contributed by atoms with van der Waals surface area (Å²) in [6, 6.07) is 11.0. The van der Waals surface area contributed by atoms with E-state index in [0.717, 1.165) is 0 Å². The van der Waals surface area contributed by atoms with Crippen LogP contribution >= 0.6 is 0 Å². The first-order valence-electron chi connectivity index (χ1n) is 7.32. The largest absolute Gasteiger partial charge is 0.449 e. The van der Waals surface area contributed by atoms with Gasteiger partial charge >= 0.3 is 17.9 Å². The van der Waals surface area contributed by atoms with Crippen molar-refractivity contribution in [1.29, 1.82) is 0 Å². The van der Waals surface area contributed by atoms with Crippen molar-refractivity contribution in [2.24, 2.45) is 0 Å². The minimum atomic E-state index is -0.613. The van der Waals surface area contributed by atoms with Crippen molar-refractivity contribution in [3.8, 4) is 28.7 Å². The summed E-state index contributed by atoms with van der Waals surface area (Å²) in [5.74, 6) is -1.18. The zero-order valence-electron chi connectivity index (χ0n) is 13.9. The summed E-state index contributed by atoms with van der Waals surface area (Å²) in [7, 11) is 0. The van der Waals surface area contributed by atoms with Gasteiger partial charge in [0.2, 0.25) is 5.75 Å². The highest BCUT2D eigenvalue weighted by molar-refractivity contribution is 5.75. The summed E-state index contributed by atoms with van der Waals surface area (Å²) in [6.07, 6.45) is 0. The lowest BCUT2D eigenvalue weighted by molar-refractivity contribution is -0.134. The van der Waals surface area contributed by atoms with Crippen molar-refractivity contribution in [2.75, 3.05) is 0 Å². The first kappa shape index (κ1) is 18.0. The molecule has 25 heavy (non-hydrogen) atoms. The normalized spacial score (nSPS) is 9.88. The Hall–Kier alpha value is -3.35. The van der Waals surface area contributed by atoms with Crippen molar-refractivity contribution in [3.05, 3.63) is 42.5 Å². The Balaban J connectivity index is 2.44. The maximum Gasteiger partial charge on any atom is 0.308 e. The van der Waals surface area contributed by atoms with Crippen molar-refractivity contribution < 1.29 is 33.3 Å². The zero-order chi connectivity index (χ0) is 18.4. The van der Waals surface area contributed by atoms with Gasteiger partial charge in [0.05, 0.1) is 0 Å². The van der Waals surface area contributed by atoms with Crippen LogP contribution in [0.3, 0.4) is 0 Å². The molecule has 0 aliphatic rings. The van der Waals surface area contributed by atoms with Gasteiger partial charge in [-0.2, -0.15) is 0 Å². The van der Waals surface area contributed by atoms with E-state index >= 15 is 0 Å². The molecule has 0 aromatic heterocycles. The van der Waals surface area contributed by atoms with Crippen LogP contribution in [0.5, 0.6) is 28.7 Å². The number of carbonyl (C=O) groups excluding carboxylic acids is 3. The first-order chi connectivity index (χ1) is 11.9. The van der Waals surface area contributed by atoms with Gasteiger partial charge in [0.25, 0.3) is 0 Å². The maximum absolute atomic E-state index is 11.4. The van der Waals surface area contributed by atoms with Gasteiger partial charge in [-0.05, 0) is 24.3 Å². The van der Waals surface area contributed by atoms with Crippen LogP contribution in [-0.2, 0) is 14.4 Å². The molecule has 7 heteroatoms. The molecule has 0 amide bonds. The molecular formula is C18H16O7. The lowest BCUT2D eigenvalue weighted by atomic mass is 10.2. The summed E-state index contributed by atoms with van der Waals surface area (Å²) in [5, 5.41) is 0. The molecular weight excluding hydrogens is 328 g/mol. The second kappa shape index (κ2) is 7.96. The fourth-order valence-electron chi connectivity index (χ4n) is 1.95. The SMILES string of the molecule is CC(=O)Oc1ccccc1Oc1cccc(OC(C)=O)c1OC(C)=O. The number of benzene rings is 2. The number of hydrogen-bond donors (Lipinski definition) is 0. The summed E-state index contributed by atoms with van der Waals surface area (Å²) in [5.41, 5.74) is 0. The second-order valence-electron chi connectivity index (χ2n) is 4.91. The molecule has 7 nitrogen and oxygen atoms in total. The van der Waals surface area contributed by atoms with Gasteiger partial charge in [0.15, 0.2) is 23.0 Å². The molecule has 0 radical (unpaired) electrons. The molecule has 0 spiro atoms. The van der Waals surface area contributed by atoms with Crippen LogP contribution in [0.15, 0.2) is 42.5 Å². The van der Waals surface area contributed by atoms with E-state index in [1.54, 1.807) is 30.3 Å². The topological polar surface area (TPSA) is 88.1 Å². The van der Waals surface area contributed by atoms with Crippen LogP contribution in [-0.4, -0.2) is 17.9 Å². The highest BCUT2D eigenvalue weighted by atomic mass is 16.6. The second-order valence-corrected chi connectivity index (χ2v) is 4.91. The van der Waals surface area contributed by atoms with Crippen molar-refractivity contribution >= 4 is 17.9 Å². The Morgan fingerprint density at radius 2 is 1.08 bits per heavy atom. The average Bonchev–Trinajstić information content (AvgIpc) is 2.51. The maximum atomic E-state index is 11.4. The molecule has 0 unspecified atom stereocenters. The summed E-state index contributed by atoms with van der Waals surface area (Å²) in [6.45, 7) is 3.70. The highest BCUT2D eigenvalue weighted by Crippen LogP contribution is 2.42. The van der Waals surface area contributed by atoms with Crippen LogP contribution in [0.1, 0.15) is 20.8 Å². The van der Waals surface area contributed by atoms with E-state index in [1.165, 1.54) is 32.9 Å². The number of carbonyl (C=O) groups is 3. The number of para-hydroxylation sites is 3. The van der Waals surface area contributed by atoms with E-state index in [1.807, 2.05) is 0 Å². The van der Waals surface area contributed by atoms with Crippen LogP contribution in [0.2, 0.25) is 0 Å². The summed E-state index contributed by atoms with van der Waals surface area (Å²) < 4.78 is 21.0. The quantitative estimate of drug-likeness (QED) is 0.607. The molecule has 2 aromatic rings. The number of hydrogen-bond acceptors (Lipinski definition) is 7. The molecule has 0 bridgehead atoms. The lowest BCUT2D eigenvalue weighted by Crippen LogP contribution is -2.08. The summed E-state index contributed by atoms with van der Waals surface area (Å²) >= 11 is 0. The molecule has 0 atom stereocenters. The summed E-state index contributed by atoms with van der Waals surface area (Å²) in [4.78, 5) is 33.8. The van der Waals surface area contributed by atoms with Gasteiger partial charge in [0, 0.05) is 20.8 Å². The van der Waals surface area contributed by atoms with Crippen molar-refractivity contribution in [3.63, 3.8) is 0 Å². The fourth-order valence-corrected chi connectivity index (χ4v) is 1.95.